The Morgan fingerprint density at radius 1 is 1.22 bits per heavy atom. The monoisotopic (exact) mass is 324 g/mol. The molecule has 1 rings (SSSR count). The van der Waals surface area contributed by atoms with Crippen LogP contribution in [-0.2, 0) is 14.3 Å². The van der Waals surface area contributed by atoms with Crippen molar-refractivity contribution in [2.75, 3.05) is 27.4 Å². The first kappa shape index (κ1) is 18.9. The van der Waals surface area contributed by atoms with E-state index < -0.39 is 12.0 Å². The number of methoxy groups -OCH3 is 2. The van der Waals surface area contributed by atoms with E-state index in [2.05, 4.69) is 4.98 Å². The van der Waals surface area contributed by atoms with E-state index >= 15 is 0 Å². The Kier molecular flexibility index (Phi) is 6.50. The fourth-order valence-electron chi connectivity index (χ4n) is 2.59. The number of esters is 1. The molecule has 1 atom stereocenters. The van der Waals surface area contributed by atoms with Gasteiger partial charge in [0.15, 0.2) is 5.78 Å². The Balaban J connectivity index is 3.15. The Hall–Kier alpha value is -2.15. The average molecular weight is 324 g/mol. The van der Waals surface area contributed by atoms with Crippen LogP contribution in [0.5, 0.6) is 0 Å². The number of nitrogens with one attached hydrogen (secondary N) is 1. The van der Waals surface area contributed by atoms with Crippen molar-refractivity contribution in [2.45, 2.75) is 33.7 Å². The summed E-state index contributed by atoms with van der Waals surface area (Å²) in [7, 11) is 2.82. The molecule has 7 heteroatoms. The topological polar surface area (TPSA) is 88.7 Å². The van der Waals surface area contributed by atoms with Gasteiger partial charge >= 0.3 is 5.97 Å². The Labute approximate surface area is 135 Å². The van der Waals surface area contributed by atoms with Crippen molar-refractivity contribution >= 4 is 17.7 Å². The number of aromatic amines is 1. The van der Waals surface area contributed by atoms with E-state index in [0.717, 1.165) is 0 Å². The van der Waals surface area contributed by atoms with E-state index in [1.165, 1.54) is 26.0 Å². The predicted molar refractivity (Wildman–Crippen MR) is 84.7 cm³/mol. The summed E-state index contributed by atoms with van der Waals surface area (Å²) >= 11 is 0. The minimum absolute atomic E-state index is 0.207. The number of carbonyl (C=O) groups is 3. The highest BCUT2D eigenvalue weighted by atomic mass is 16.5. The summed E-state index contributed by atoms with van der Waals surface area (Å²) in [5.41, 5.74) is 1.78. The highest BCUT2D eigenvalue weighted by Gasteiger charge is 2.29. The highest BCUT2D eigenvalue weighted by Crippen LogP contribution is 2.22. The minimum atomic E-state index is -0.652. The van der Waals surface area contributed by atoms with Gasteiger partial charge in [0.05, 0.1) is 19.8 Å². The zero-order valence-electron chi connectivity index (χ0n) is 14.5. The molecule has 1 aromatic heterocycles. The molecule has 1 heterocycles. The fraction of sp³-hybridized carbons (Fsp3) is 0.562. The highest BCUT2D eigenvalue weighted by molar-refractivity contribution is 6.06. The fourth-order valence-corrected chi connectivity index (χ4v) is 2.59. The van der Waals surface area contributed by atoms with Gasteiger partial charge in [-0.1, -0.05) is 0 Å². The second kappa shape index (κ2) is 7.92. The zero-order chi connectivity index (χ0) is 17.7. The summed E-state index contributed by atoms with van der Waals surface area (Å²) in [5, 5.41) is 0. The summed E-state index contributed by atoms with van der Waals surface area (Å²) in [5.74, 6) is -0.959. The molecule has 1 N–H and O–H groups in total. The number of ether oxygens (including phenoxy) is 2. The van der Waals surface area contributed by atoms with E-state index in [1.807, 2.05) is 0 Å². The number of carbonyl (C=O) groups excluding carboxylic acids is 3. The minimum Gasteiger partial charge on any atom is -0.464 e. The largest absolute Gasteiger partial charge is 0.464 e. The van der Waals surface area contributed by atoms with Gasteiger partial charge in [-0.15, -0.1) is 0 Å². The first-order chi connectivity index (χ1) is 10.8. The number of amides is 1. The lowest BCUT2D eigenvalue weighted by Crippen LogP contribution is -2.44. The predicted octanol–water partition coefficient (Wildman–Crippen LogP) is 1.48. The van der Waals surface area contributed by atoms with Gasteiger partial charge in [-0.3, -0.25) is 9.59 Å². The third-order valence-electron chi connectivity index (χ3n) is 3.86. The summed E-state index contributed by atoms with van der Waals surface area (Å²) in [4.78, 5) is 40.7. The Morgan fingerprint density at radius 2 is 1.83 bits per heavy atom. The number of Topliss-reactive ketones (excluding diaryl/α,β-unsaturated/α-hetero) is 1. The number of rotatable bonds is 7. The lowest BCUT2D eigenvalue weighted by Gasteiger charge is -2.27. The molecule has 23 heavy (non-hydrogen) atoms. The Bertz CT molecular complexity index is 606. The van der Waals surface area contributed by atoms with E-state index in [9.17, 15) is 14.4 Å². The van der Waals surface area contributed by atoms with Crippen LogP contribution in [0.15, 0.2) is 0 Å². The number of hydrogen-bond acceptors (Lipinski definition) is 5. The van der Waals surface area contributed by atoms with Gasteiger partial charge in [-0.25, -0.2) is 4.79 Å². The van der Waals surface area contributed by atoms with Crippen molar-refractivity contribution in [1.82, 2.24) is 9.88 Å². The normalized spacial score (nSPS) is 11.9. The van der Waals surface area contributed by atoms with Gasteiger partial charge in [0, 0.05) is 31.8 Å². The molecular weight excluding hydrogens is 300 g/mol. The number of ketones is 1. The van der Waals surface area contributed by atoms with Gasteiger partial charge < -0.3 is 19.4 Å². The first-order valence-corrected chi connectivity index (χ1v) is 7.34. The van der Waals surface area contributed by atoms with E-state index in [1.54, 1.807) is 20.8 Å². The zero-order valence-corrected chi connectivity index (χ0v) is 14.5. The SMILES string of the molecule is COCCN(C(C)=O)C(C)C(=O)c1c(C)[nH]c(C(=O)OC)c1C. The molecule has 0 aromatic carbocycles. The molecule has 0 saturated carbocycles. The van der Waals surface area contributed by atoms with Crippen LogP contribution in [0.25, 0.3) is 0 Å². The maximum atomic E-state index is 12.8. The van der Waals surface area contributed by atoms with Crippen molar-refractivity contribution in [3.63, 3.8) is 0 Å². The second-order valence-corrected chi connectivity index (χ2v) is 5.36. The molecule has 0 spiro atoms. The molecule has 0 bridgehead atoms. The van der Waals surface area contributed by atoms with E-state index in [-0.39, 0.29) is 17.4 Å². The van der Waals surface area contributed by atoms with Crippen LogP contribution in [0.1, 0.15) is 46.0 Å². The molecule has 1 amide bonds. The maximum absolute atomic E-state index is 12.8. The van der Waals surface area contributed by atoms with Crippen molar-refractivity contribution < 1.29 is 23.9 Å². The van der Waals surface area contributed by atoms with Crippen LogP contribution in [0, 0.1) is 13.8 Å². The summed E-state index contributed by atoms with van der Waals surface area (Å²) in [6.45, 7) is 7.15. The van der Waals surface area contributed by atoms with Crippen molar-refractivity contribution in [3.8, 4) is 0 Å². The summed E-state index contributed by atoms with van der Waals surface area (Å²) in [6.07, 6.45) is 0. The van der Waals surface area contributed by atoms with Crippen LogP contribution >= 0.6 is 0 Å². The standard InChI is InChI=1S/C16H24N2O5/c1-9-13(10(2)17-14(9)16(21)23-6)15(20)11(3)18(12(4)19)7-8-22-5/h11,17H,7-8H2,1-6H3. The van der Waals surface area contributed by atoms with Crippen LogP contribution in [0.2, 0.25) is 0 Å². The van der Waals surface area contributed by atoms with Crippen LogP contribution < -0.4 is 0 Å². The third-order valence-corrected chi connectivity index (χ3v) is 3.86. The second-order valence-electron chi connectivity index (χ2n) is 5.36. The number of H-pyrrole nitrogens is 1. The molecule has 0 aliphatic rings. The molecule has 0 fully saturated rings. The molecule has 1 unspecified atom stereocenters. The van der Waals surface area contributed by atoms with Crippen LogP contribution in [0.4, 0.5) is 0 Å². The molecule has 1 aromatic rings. The number of hydrogen-bond donors (Lipinski definition) is 1. The average Bonchev–Trinajstić information content (AvgIpc) is 2.80. The van der Waals surface area contributed by atoms with E-state index in [4.69, 9.17) is 9.47 Å². The molecular formula is C16H24N2O5. The smallest absolute Gasteiger partial charge is 0.354 e. The molecule has 0 saturated heterocycles. The van der Waals surface area contributed by atoms with Gasteiger partial charge in [0.1, 0.15) is 5.69 Å². The number of aryl methyl sites for hydroxylation is 1. The molecule has 128 valence electrons. The van der Waals surface area contributed by atoms with Crippen molar-refractivity contribution in [2.24, 2.45) is 0 Å². The molecule has 0 aliphatic carbocycles. The van der Waals surface area contributed by atoms with Crippen LogP contribution in [0.3, 0.4) is 0 Å². The van der Waals surface area contributed by atoms with Gasteiger partial charge in [-0.2, -0.15) is 0 Å². The molecule has 0 radical (unpaired) electrons. The van der Waals surface area contributed by atoms with Gasteiger partial charge in [0.2, 0.25) is 5.91 Å². The lowest BCUT2D eigenvalue weighted by atomic mass is 10.00. The number of nitrogens with zero attached hydrogens (tertiary/aromatic N) is 1. The lowest BCUT2D eigenvalue weighted by molar-refractivity contribution is -0.130. The van der Waals surface area contributed by atoms with Crippen LogP contribution in [-0.4, -0.2) is 61.0 Å². The third kappa shape index (κ3) is 3.98. The molecule has 7 nitrogen and oxygen atoms in total. The van der Waals surface area contributed by atoms with Gasteiger partial charge in [-0.05, 0) is 26.3 Å². The van der Waals surface area contributed by atoms with E-state index in [0.29, 0.717) is 30.0 Å². The van der Waals surface area contributed by atoms with Gasteiger partial charge in [0.25, 0.3) is 0 Å². The van der Waals surface area contributed by atoms with Crippen molar-refractivity contribution in [3.05, 3.63) is 22.5 Å². The molecule has 0 aliphatic heterocycles. The van der Waals surface area contributed by atoms with Crippen molar-refractivity contribution in [1.29, 1.82) is 0 Å². The number of aromatic nitrogens is 1. The first-order valence-electron chi connectivity index (χ1n) is 7.34. The summed E-state index contributed by atoms with van der Waals surface area (Å²) in [6, 6.07) is -0.652. The quantitative estimate of drug-likeness (QED) is 0.606. The Morgan fingerprint density at radius 3 is 2.30 bits per heavy atom. The maximum Gasteiger partial charge on any atom is 0.354 e. The summed E-state index contributed by atoms with van der Waals surface area (Å²) < 4.78 is 9.69.